The van der Waals surface area contributed by atoms with Crippen molar-refractivity contribution in [3.63, 3.8) is 0 Å². The van der Waals surface area contributed by atoms with E-state index in [0.717, 1.165) is 12.8 Å². The summed E-state index contributed by atoms with van der Waals surface area (Å²) in [4.78, 5) is 27.1. The predicted octanol–water partition coefficient (Wildman–Crippen LogP) is 3.71. The number of nitrogens with one attached hydrogen (secondary N) is 1. The first-order chi connectivity index (χ1) is 10.5. The molecule has 1 aliphatic carbocycles. The van der Waals surface area contributed by atoms with Crippen LogP contribution >= 0.6 is 11.6 Å². The second-order valence-corrected chi connectivity index (χ2v) is 6.27. The molecule has 0 bridgehead atoms. The summed E-state index contributed by atoms with van der Waals surface area (Å²) in [5.41, 5.74) is -0.185. The quantitative estimate of drug-likeness (QED) is 0.778. The van der Waals surface area contributed by atoms with Crippen LogP contribution in [0.15, 0.2) is 24.3 Å². The first-order valence-corrected chi connectivity index (χ1v) is 8.27. The Morgan fingerprint density at radius 2 is 1.68 bits per heavy atom. The lowest BCUT2D eigenvalue weighted by Crippen LogP contribution is -2.43. The van der Waals surface area contributed by atoms with Gasteiger partial charge in [0.25, 0.3) is 0 Å². The fourth-order valence-electron chi connectivity index (χ4n) is 2.60. The van der Waals surface area contributed by atoms with Crippen LogP contribution in [0.2, 0.25) is 5.02 Å². The van der Waals surface area contributed by atoms with Crippen molar-refractivity contribution in [2.45, 2.75) is 39.5 Å². The van der Waals surface area contributed by atoms with Gasteiger partial charge in [-0.15, -0.1) is 0 Å². The molecule has 0 saturated heterocycles. The SMILES string of the molecule is CCCN(CCC)C(=O)C1(C(=O)Nc2ccc(Cl)cc2)CC1. The topological polar surface area (TPSA) is 49.4 Å². The lowest BCUT2D eigenvalue weighted by molar-refractivity contribution is -0.142. The van der Waals surface area contributed by atoms with E-state index in [0.29, 0.717) is 36.6 Å². The Morgan fingerprint density at radius 3 is 2.14 bits per heavy atom. The number of anilines is 1. The first kappa shape index (κ1) is 16.8. The molecule has 0 aromatic heterocycles. The second kappa shape index (κ2) is 7.14. The maximum absolute atomic E-state index is 12.7. The molecule has 0 radical (unpaired) electrons. The molecule has 1 aliphatic rings. The van der Waals surface area contributed by atoms with Crippen molar-refractivity contribution in [2.24, 2.45) is 5.41 Å². The van der Waals surface area contributed by atoms with E-state index in [4.69, 9.17) is 11.6 Å². The summed E-state index contributed by atoms with van der Waals surface area (Å²) in [6.07, 6.45) is 3.08. The molecule has 0 atom stereocenters. The zero-order valence-electron chi connectivity index (χ0n) is 13.2. The third-order valence-electron chi connectivity index (χ3n) is 3.97. The minimum atomic E-state index is -0.857. The highest BCUT2D eigenvalue weighted by Crippen LogP contribution is 2.48. The minimum Gasteiger partial charge on any atom is -0.342 e. The summed E-state index contributed by atoms with van der Waals surface area (Å²) >= 11 is 5.84. The van der Waals surface area contributed by atoms with E-state index >= 15 is 0 Å². The van der Waals surface area contributed by atoms with Crippen molar-refractivity contribution in [3.8, 4) is 0 Å². The van der Waals surface area contributed by atoms with Crippen molar-refractivity contribution in [2.75, 3.05) is 18.4 Å². The molecular formula is C17H23ClN2O2. The van der Waals surface area contributed by atoms with E-state index in [2.05, 4.69) is 5.32 Å². The largest absolute Gasteiger partial charge is 0.342 e. The lowest BCUT2D eigenvalue weighted by Gasteiger charge is -2.26. The number of halogens is 1. The Kier molecular flexibility index (Phi) is 5.46. The lowest BCUT2D eigenvalue weighted by atomic mass is 10.0. The molecule has 0 spiro atoms. The molecule has 1 saturated carbocycles. The molecule has 4 nitrogen and oxygen atoms in total. The second-order valence-electron chi connectivity index (χ2n) is 5.84. The van der Waals surface area contributed by atoms with E-state index in [1.54, 1.807) is 24.3 Å². The number of hydrogen-bond acceptors (Lipinski definition) is 2. The van der Waals surface area contributed by atoms with Crippen LogP contribution < -0.4 is 5.32 Å². The Labute approximate surface area is 136 Å². The first-order valence-electron chi connectivity index (χ1n) is 7.90. The maximum Gasteiger partial charge on any atom is 0.240 e. The maximum atomic E-state index is 12.7. The standard InChI is InChI=1S/C17H23ClN2O2/c1-3-11-20(12-4-2)16(22)17(9-10-17)15(21)19-14-7-5-13(18)6-8-14/h5-8H,3-4,9-12H2,1-2H3,(H,19,21). The smallest absolute Gasteiger partial charge is 0.240 e. The summed E-state index contributed by atoms with van der Waals surface area (Å²) in [6.45, 7) is 5.51. The van der Waals surface area contributed by atoms with E-state index in [1.807, 2.05) is 18.7 Å². The van der Waals surface area contributed by atoms with Gasteiger partial charge in [0.1, 0.15) is 5.41 Å². The summed E-state index contributed by atoms with van der Waals surface area (Å²) in [7, 11) is 0. The third kappa shape index (κ3) is 3.61. The highest BCUT2D eigenvalue weighted by molar-refractivity contribution is 6.30. The van der Waals surface area contributed by atoms with Gasteiger partial charge in [-0.1, -0.05) is 25.4 Å². The summed E-state index contributed by atoms with van der Waals surface area (Å²) in [6, 6.07) is 6.94. The van der Waals surface area contributed by atoms with Crippen molar-refractivity contribution in [1.29, 1.82) is 0 Å². The van der Waals surface area contributed by atoms with Crippen LogP contribution in [0.1, 0.15) is 39.5 Å². The number of carbonyl (C=O) groups excluding carboxylic acids is 2. The fraction of sp³-hybridized carbons (Fsp3) is 0.529. The molecule has 22 heavy (non-hydrogen) atoms. The zero-order chi connectivity index (χ0) is 16.2. The number of carbonyl (C=O) groups is 2. The van der Waals surface area contributed by atoms with E-state index in [9.17, 15) is 9.59 Å². The Balaban J connectivity index is 2.07. The summed E-state index contributed by atoms with van der Waals surface area (Å²) < 4.78 is 0. The van der Waals surface area contributed by atoms with Gasteiger partial charge < -0.3 is 10.2 Å². The van der Waals surface area contributed by atoms with Crippen molar-refractivity contribution < 1.29 is 9.59 Å². The van der Waals surface area contributed by atoms with Gasteiger partial charge in [0.05, 0.1) is 0 Å². The van der Waals surface area contributed by atoms with Gasteiger partial charge in [0.15, 0.2) is 0 Å². The summed E-state index contributed by atoms with van der Waals surface area (Å²) in [5.74, 6) is -0.223. The molecule has 2 amide bonds. The third-order valence-corrected chi connectivity index (χ3v) is 4.22. The monoisotopic (exact) mass is 322 g/mol. The molecule has 1 aromatic rings. The number of hydrogen-bond donors (Lipinski definition) is 1. The average Bonchev–Trinajstić information content (AvgIpc) is 3.30. The number of amides is 2. The molecule has 0 heterocycles. The van der Waals surface area contributed by atoms with Crippen LogP contribution in [0.25, 0.3) is 0 Å². The molecule has 1 aromatic carbocycles. The molecular weight excluding hydrogens is 300 g/mol. The molecule has 0 aliphatic heterocycles. The number of nitrogens with zero attached hydrogens (tertiary/aromatic N) is 1. The van der Waals surface area contributed by atoms with Gasteiger partial charge in [-0.05, 0) is 49.9 Å². The zero-order valence-corrected chi connectivity index (χ0v) is 13.9. The predicted molar refractivity (Wildman–Crippen MR) is 88.9 cm³/mol. The minimum absolute atomic E-state index is 0.0253. The van der Waals surface area contributed by atoms with Crippen LogP contribution in [0, 0.1) is 5.41 Å². The average molecular weight is 323 g/mol. The van der Waals surface area contributed by atoms with Gasteiger partial charge in [-0.2, -0.15) is 0 Å². The Morgan fingerprint density at radius 1 is 1.14 bits per heavy atom. The molecule has 1 fully saturated rings. The Bertz CT molecular complexity index is 532. The molecule has 2 rings (SSSR count). The van der Waals surface area contributed by atoms with Crippen LogP contribution in [0.3, 0.4) is 0 Å². The normalized spacial score (nSPS) is 15.2. The van der Waals surface area contributed by atoms with E-state index in [-0.39, 0.29) is 11.8 Å². The summed E-state index contributed by atoms with van der Waals surface area (Å²) in [5, 5.41) is 3.46. The van der Waals surface area contributed by atoms with Gasteiger partial charge >= 0.3 is 0 Å². The van der Waals surface area contributed by atoms with E-state index in [1.165, 1.54) is 0 Å². The Hall–Kier alpha value is -1.55. The van der Waals surface area contributed by atoms with Crippen LogP contribution in [-0.2, 0) is 9.59 Å². The van der Waals surface area contributed by atoms with Gasteiger partial charge in [0.2, 0.25) is 11.8 Å². The van der Waals surface area contributed by atoms with Crippen molar-refractivity contribution in [1.82, 2.24) is 4.90 Å². The highest BCUT2D eigenvalue weighted by Gasteiger charge is 2.57. The number of rotatable bonds is 7. The fourth-order valence-corrected chi connectivity index (χ4v) is 2.73. The van der Waals surface area contributed by atoms with Gasteiger partial charge in [0, 0.05) is 23.8 Å². The van der Waals surface area contributed by atoms with Crippen LogP contribution in [-0.4, -0.2) is 29.8 Å². The van der Waals surface area contributed by atoms with Crippen molar-refractivity contribution in [3.05, 3.63) is 29.3 Å². The van der Waals surface area contributed by atoms with Gasteiger partial charge in [-0.25, -0.2) is 0 Å². The van der Waals surface area contributed by atoms with Gasteiger partial charge in [-0.3, -0.25) is 9.59 Å². The van der Waals surface area contributed by atoms with Crippen LogP contribution in [0.5, 0.6) is 0 Å². The molecule has 120 valence electrons. The molecule has 1 N–H and O–H groups in total. The number of benzene rings is 1. The molecule has 0 unspecified atom stereocenters. The highest BCUT2D eigenvalue weighted by atomic mass is 35.5. The van der Waals surface area contributed by atoms with E-state index < -0.39 is 5.41 Å². The van der Waals surface area contributed by atoms with Crippen LogP contribution in [0.4, 0.5) is 5.69 Å². The van der Waals surface area contributed by atoms with Crippen molar-refractivity contribution >= 4 is 29.1 Å². The molecule has 5 heteroatoms.